The van der Waals surface area contributed by atoms with Crippen molar-refractivity contribution in [2.45, 2.75) is 34.1 Å². The number of aliphatic carboxylic acids is 1. The Morgan fingerprint density at radius 2 is 1.85 bits per heavy atom. The summed E-state index contributed by atoms with van der Waals surface area (Å²) in [6, 6.07) is 5.22. The first kappa shape index (κ1) is 30.3. The van der Waals surface area contributed by atoms with E-state index in [0.717, 1.165) is 10.5 Å². The predicted octanol–water partition coefficient (Wildman–Crippen LogP) is 2.97. The van der Waals surface area contributed by atoms with Crippen molar-refractivity contribution in [3.63, 3.8) is 0 Å². The normalized spacial score (nSPS) is 10.8. The molecule has 0 saturated heterocycles. The fraction of sp³-hybridized carbons (Fsp3) is 0.296. The van der Waals surface area contributed by atoms with E-state index in [-0.39, 0.29) is 18.0 Å². The molecule has 1 aromatic carbocycles. The van der Waals surface area contributed by atoms with E-state index in [1.807, 2.05) is 13.8 Å². The average molecular weight is 567 g/mol. The smallest absolute Gasteiger partial charge is 0.419 e. The number of fused-ring (bicyclic) bond motifs is 1. The van der Waals surface area contributed by atoms with Crippen molar-refractivity contribution in [3.05, 3.63) is 65.1 Å². The number of nitrogens with zero attached hydrogens (tertiary/aromatic N) is 4. The molecule has 2 aromatic heterocycles. The lowest BCUT2D eigenvalue weighted by Gasteiger charge is -2.19. The van der Waals surface area contributed by atoms with Gasteiger partial charge < -0.3 is 25.2 Å². The van der Waals surface area contributed by atoms with E-state index in [1.165, 1.54) is 17.0 Å². The molecule has 0 atom stereocenters. The fourth-order valence-corrected chi connectivity index (χ4v) is 3.80. The second-order valence-electron chi connectivity index (χ2n) is 8.70. The van der Waals surface area contributed by atoms with Crippen LogP contribution in [0.3, 0.4) is 0 Å². The molecule has 3 aromatic rings. The monoisotopic (exact) mass is 566 g/mol. The Morgan fingerprint density at radius 1 is 1.10 bits per heavy atom. The highest BCUT2D eigenvalue weighted by atomic mass is 16.7. The second-order valence-corrected chi connectivity index (χ2v) is 8.70. The van der Waals surface area contributed by atoms with Gasteiger partial charge in [0.1, 0.15) is 11.8 Å². The first-order valence-electron chi connectivity index (χ1n) is 12.6. The largest absolute Gasteiger partial charge is 0.478 e. The highest BCUT2D eigenvalue weighted by Gasteiger charge is 2.28. The lowest BCUT2D eigenvalue weighted by Crippen LogP contribution is -2.38. The van der Waals surface area contributed by atoms with Crippen LogP contribution < -0.4 is 10.6 Å². The number of anilines is 2. The SMILES string of the molecule is CCCN(C(=O)OCOC(=O)C=CC(=O)O)C(=O)c1cn2ncnc(Nc3cc(C(=O)NCC)ccc3C)c2c1C. The number of aryl methyl sites for hydroxylation is 2. The molecule has 41 heavy (non-hydrogen) atoms. The molecule has 0 aliphatic heterocycles. The predicted molar refractivity (Wildman–Crippen MR) is 146 cm³/mol. The van der Waals surface area contributed by atoms with E-state index >= 15 is 0 Å². The Bertz CT molecular complexity index is 1510. The lowest BCUT2D eigenvalue weighted by atomic mass is 10.1. The molecule has 0 aliphatic carbocycles. The van der Waals surface area contributed by atoms with Crippen molar-refractivity contribution in [2.75, 3.05) is 25.2 Å². The summed E-state index contributed by atoms with van der Waals surface area (Å²) in [5.74, 6) is -2.89. The van der Waals surface area contributed by atoms with Gasteiger partial charge in [-0.15, -0.1) is 0 Å². The van der Waals surface area contributed by atoms with E-state index < -0.39 is 30.7 Å². The Morgan fingerprint density at radius 3 is 2.54 bits per heavy atom. The molecule has 0 saturated carbocycles. The standard InChI is InChI=1S/C27H30N6O8/c1-5-11-32(27(39)41-15-40-22(36)10-9-21(34)35)26(38)19-13-33-23(17(19)4)24(29-14-30-33)31-20-12-18(8-7-16(20)3)25(37)28-6-2/h7-10,12-14H,5-6,11,15H2,1-4H3,(H,28,37)(H,34,35)(H,29,30,31). The van der Waals surface area contributed by atoms with Crippen LogP contribution in [0.1, 0.15) is 52.1 Å². The second kappa shape index (κ2) is 13.7. The Hall–Kier alpha value is -5.27. The van der Waals surface area contributed by atoms with E-state index in [9.17, 15) is 24.0 Å². The summed E-state index contributed by atoms with van der Waals surface area (Å²) in [5, 5.41) is 18.7. The zero-order valence-corrected chi connectivity index (χ0v) is 23.0. The van der Waals surface area contributed by atoms with E-state index in [4.69, 9.17) is 9.84 Å². The molecule has 0 bridgehead atoms. The molecule has 14 nitrogen and oxygen atoms in total. The minimum atomic E-state index is -1.35. The van der Waals surface area contributed by atoms with Crippen molar-refractivity contribution in [1.29, 1.82) is 0 Å². The maximum absolute atomic E-state index is 13.5. The number of hydrogen-bond donors (Lipinski definition) is 3. The molecular formula is C27H30N6O8. The molecule has 0 unspecified atom stereocenters. The number of benzene rings is 1. The summed E-state index contributed by atoms with van der Waals surface area (Å²) in [6.45, 7) is 6.82. The highest BCUT2D eigenvalue weighted by molar-refractivity contribution is 6.06. The van der Waals surface area contributed by atoms with Gasteiger partial charge in [0.05, 0.1) is 5.56 Å². The number of amides is 3. The number of carbonyl (C=O) groups is 5. The number of carboxylic acids is 1. The number of hydrogen-bond acceptors (Lipinski definition) is 10. The lowest BCUT2D eigenvalue weighted by molar-refractivity contribution is -0.146. The van der Waals surface area contributed by atoms with E-state index in [1.54, 1.807) is 32.0 Å². The number of rotatable bonds is 11. The van der Waals surface area contributed by atoms with Gasteiger partial charge >= 0.3 is 18.0 Å². The van der Waals surface area contributed by atoms with Crippen LogP contribution >= 0.6 is 0 Å². The molecule has 3 rings (SSSR count). The third-order valence-corrected chi connectivity index (χ3v) is 5.81. The van der Waals surface area contributed by atoms with E-state index in [0.29, 0.717) is 53.3 Å². The summed E-state index contributed by atoms with van der Waals surface area (Å²) in [6.07, 6.45) is 3.36. The number of carboxylic acid groups (broad SMARTS) is 1. The topological polar surface area (TPSA) is 182 Å². The van der Waals surface area contributed by atoms with Gasteiger partial charge in [-0.05, 0) is 50.5 Å². The van der Waals surface area contributed by atoms with E-state index in [2.05, 4.69) is 25.5 Å². The molecule has 0 spiro atoms. The Balaban J connectivity index is 1.85. The molecule has 0 fully saturated rings. The molecule has 14 heteroatoms. The quantitative estimate of drug-likeness (QED) is 0.176. The number of nitrogens with one attached hydrogen (secondary N) is 2. The van der Waals surface area contributed by atoms with Crippen LogP contribution in [0.4, 0.5) is 16.3 Å². The van der Waals surface area contributed by atoms with Crippen LogP contribution in [0.15, 0.2) is 42.9 Å². The van der Waals surface area contributed by atoms with Crippen molar-refractivity contribution in [1.82, 2.24) is 24.8 Å². The van der Waals surface area contributed by atoms with Crippen molar-refractivity contribution < 1.29 is 38.6 Å². The van der Waals surface area contributed by atoms with Gasteiger partial charge in [0.15, 0.2) is 5.82 Å². The number of esters is 1. The summed E-state index contributed by atoms with van der Waals surface area (Å²) in [4.78, 5) is 65.7. The van der Waals surface area contributed by atoms with Gasteiger partial charge in [0.25, 0.3) is 11.8 Å². The van der Waals surface area contributed by atoms with Crippen LogP contribution in [-0.2, 0) is 19.1 Å². The van der Waals surface area contributed by atoms with Crippen LogP contribution in [0, 0.1) is 13.8 Å². The van der Waals surface area contributed by atoms with Gasteiger partial charge in [0.2, 0.25) is 6.79 Å². The third kappa shape index (κ3) is 7.44. The van der Waals surface area contributed by atoms with Crippen molar-refractivity contribution >= 4 is 46.9 Å². The minimum absolute atomic E-state index is 0.0127. The molecule has 2 heterocycles. The summed E-state index contributed by atoms with van der Waals surface area (Å²) < 4.78 is 11.0. The van der Waals surface area contributed by atoms with Gasteiger partial charge in [-0.1, -0.05) is 13.0 Å². The maximum Gasteiger partial charge on any atom is 0.419 e. The molecular weight excluding hydrogens is 536 g/mol. The first-order chi connectivity index (χ1) is 19.6. The highest BCUT2D eigenvalue weighted by Crippen LogP contribution is 2.28. The first-order valence-corrected chi connectivity index (χ1v) is 12.6. The van der Waals surface area contributed by atoms with Crippen LogP contribution in [0.2, 0.25) is 0 Å². The van der Waals surface area contributed by atoms with Gasteiger partial charge in [-0.3, -0.25) is 9.59 Å². The molecule has 0 aliphatic rings. The van der Waals surface area contributed by atoms with Crippen LogP contribution in [0.25, 0.3) is 5.52 Å². The van der Waals surface area contributed by atoms with Crippen molar-refractivity contribution in [3.8, 4) is 0 Å². The zero-order valence-electron chi connectivity index (χ0n) is 23.0. The van der Waals surface area contributed by atoms with Crippen LogP contribution in [0.5, 0.6) is 0 Å². The number of aromatic nitrogens is 3. The minimum Gasteiger partial charge on any atom is -0.478 e. The molecule has 3 amide bonds. The average Bonchev–Trinajstić information content (AvgIpc) is 3.28. The van der Waals surface area contributed by atoms with Gasteiger partial charge in [-0.2, -0.15) is 5.10 Å². The summed E-state index contributed by atoms with van der Waals surface area (Å²) in [5.41, 5.74) is 3.06. The molecule has 3 N–H and O–H groups in total. The van der Waals surface area contributed by atoms with Gasteiger partial charge in [-0.25, -0.2) is 28.8 Å². The molecule has 0 radical (unpaired) electrons. The van der Waals surface area contributed by atoms with Crippen molar-refractivity contribution in [2.24, 2.45) is 0 Å². The number of imide groups is 1. The summed E-state index contributed by atoms with van der Waals surface area (Å²) >= 11 is 0. The van der Waals surface area contributed by atoms with Crippen LogP contribution in [-0.4, -0.2) is 74.3 Å². The number of carbonyl (C=O) groups excluding carboxylic acids is 4. The Kier molecular flexibility index (Phi) is 10.1. The molecule has 216 valence electrons. The van der Waals surface area contributed by atoms with Gasteiger partial charge in [0, 0.05) is 42.7 Å². The fourth-order valence-electron chi connectivity index (χ4n) is 3.80. The summed E-state index contributed by atoms with van der Waals surface area (Å²) in [7, 11) is 0. The Labute approximate surface area is 234 Å². The third-order valence-electron chi connectivity index (χ3n) is 5.81. The maximum atomic E-state index is 13.5. The zero-order chi connectivity index (χ0) is 30.1. The number of ether oxygens (including phenoxy) is 2.